The molecule has 3 aromatic rings. The van der Waals surface area contributed by atoms with E-state index in [1.54, 1.807) is 6.08 Å². The van der Waals surface area contributed by atoms with Gasteiger partial charge in [0.05, 0.1) is 5.39 Å². The van der Waals surface area contributed by atoms with Gasteiger partial charge in [-0.15, -0.1) is 0 Å². The first-order chi connectivity index (χ1) is 11.4. The minimum atomic E-state index is -4.15. The standard InChI is InChI=1S/C17H13NO5S/c18-24(20,21)23-14-8-9-17-15(10-14)16(19)11-13(22-17)7-6-12-4-2-1-3-5-12/h1-11H,(H2,18,20,21)/b7-6+. The van der Waals surface area contributed by atoms with E-state index in [9.17, 15) is 13.2 Å². The van der Waals surface area contributed by atoms with Crippen LogP contribution in [0.1, 0.15) is 11.3 Å². The first-order valence-corrected chi connectivity index (χ1v) is 8.41. The van der Waals surface area contributed by atoms with Crippen LogP contribution in [0.5, 0.6) is 5.75 Å². The van der Waals surface area contributed by atoms with E-state index in [4.69, 9.17) is 9.56 Å². The van der Waals surface area contributed by atoms with E-state index >= 15 is 0 Å². The van der Waals surface area contributed by atoms with Crippen LogP contribution in [0.3, 0.4) is 0 Å². The molecule has 0 amide bonds. The zero-order valence-electron chi connectivity index (χ0n) is 12.4. The number of hydrogen-bond donors (Lipinski definition) is 1. The summed E-state index contributed by atoms with van der Waals surface area (Å²) in [6.45, 7) is 0. The van der Waals surface area contributed by atoms with Gasteiger partial charge in [0.25, 0.3) is 0 Å². The Kier molecular flexibility index (Phi) is 4.20. The Hall–Kier alpha value is -2.90. The molecule has 0 unspecified atom stereocenters. The lowest BCUT2D eigenvalue weighted by atomic mass is 10.2. The van der Waals surface area contributed by atoms with Crippen molar-refractivity contribution in [2.45, 2.75) is 0 Å². The minimum absolute atomic E-state index is 0.0510. The summed E-state index contributed by atoms with van der Waals surface area (Å²) >= 11 is 0. The van der Waals surface area contributed by atoms with E-state index in [0.717, 1.165) is 5.56 Å². The molecule has 122 valence electrons. The molecule has 3 rings (SSSR count). The van der Waals surface area contributed by atoms with Crippen LogP contribution in [0.4, 0.5) is 0 Å². The van der Waals surface area contributed by atoms with E-state index in [2.05, 4.69) is 4.18 Å². The highest BCUT2D eigenvalue weighted by atomic mass is 32.2. The lowest BCUT2D eigenvalue weighted by Crippen LogP contribution is -2.19. The molecule has 0 saturated heterocycles. The summed E-state index contributed by atoms with van der Waals surface area (Å²) in [7, 11) is -4.15. The highest BCUT2D eigenvalue weighted by molar-refractivity contribution is 7.84. The van der Waals surface area contributed by atoms with E-state index in [0.29, 0.717) is 11.3 Å². The summed E-state index contributed by atoms with van der Waals surface area (Å²) in [5.74, 6) is 0.335. The first-order valence-electron chi connectivity index (χ1n) is 6.94. The van der Waals surface area contributed by atoms with Crippen LogP contribution in [0, 0.1) is 0 Å². The summed E-state index contributed by atoms with van der Waals surface area (Å²) in [6.07, 6.45) is 3.51. The van der Waals surface area contributed by atoms with Gasteiger partial charge < -0.3 is 8.60 Å². The lowest BCUT2D eigenvalue weighted by molar-refractivity contribution is 0.487. The van der Waals surface area contributed by atoms with Crippen molar-refractivity contribution in [1.29, 1.82) is 0 Å². The number of rotatable bonds is 4. The molecule has 0 radical (unpaired) electrons. The van der Waals surface area contributed by atoms with Gasteiger partial charge in [0.2, 0.25) is 0 Å². The molecule has 0 aliphatic carbocycles. The molecule has 0 aliphatic rings. The zero-order valence-corrected chi connectivity index (χ0v) is 13.2. The van der Waals surface area contributed by atoms with Crippen LogP contribution in [0.2, 0.25) is 0 Å². The molecule has 2 N–H and O–H groups in total. The maximum absolute atomic E-state index is 12.2. The Morgan fingerprint density at radius 3 is 2.46 bits per heavy atom. The molecule has 0 atom stereocenters. The normalized spacial score (nSPS) is 11.9. The predicted octanol–water partition coefficient (Wildman–Crippen LogP) is 2.55. The van der Waals surface area contributed by atoms with Crippen molar-refractivity contribution < 1.29 is 17.0 Å². The second kappa shape index (κ2) is 6.31. The fourth-order valence-electron chi connectivity index (χ4n) is 2.16. The fraction of sp³-hybridized carbons (Fsp3) is 0. The van der Waals surface area contributed by atoms with Gasteiger partial charge >= 0.3 is 10.3 Å². The molecule has 24 heavy (non-hydrogen) atoms. The Balaban J connectivity index is 1.98. The van der Waals surface area contributed by atoms with Crippen molar-refractivity contribution in [3.05, 3.63) is 76.1 Å². The van der Waals surface area contributed by atoms with E-state index in [-0.39, 0.29) is 16.6 Å². The van der Waals surface area contributed by atoms with Crippen molar-refractivity contribution in [2.24, 2.45) is 5.14 Å². The Bertz CT molecular complexity index is 1070. The second-order valence-electron chi connectivity index (χ2n) is 4.99. The summed E-state index contributed by atoms with van der Waals surface area (Å²) in [4.78, 5) is 12.2. The molecule has 0 bridgehead atoms. The van der Waals surface area contributed by atoms with Crippen LogP contribution in [-0.2, 0) is 10.3 Å². The molecular weight excluding hydrogens is 330 g/mol. The van der Waals surface area contributed by atoms with Gasteiger partial charge in [0.1, 0.15) is 17.1 Å². The van der Waals surface area contributed by atoms with E-state index in [1.165, 1.54) is 24.3 Å². The van der Waals surface area contributed by atoms with Gasteiger partial charge in [-0.1, -0.05) is 36.4 Å². The lowest BCUT2D eigenvalue weighted by Gasteiger charge is -2.04. The maximum atomic E-state index is 12.2. The van der Waals surface area contributed by atoms with Gasteiger partial charge in [0.15, 0.2) is 5.43 Å². The monoisotopic (exact) mass is 343 g/mol. The van der Waals surface area contributed by atoms with Crippen molar-refractivity contribution in [2.75, 3.05) is 0 Å². The average Bonchev–Trinajstić information content (AvgIpc) is 2.53. The Morgan fingerprint density at radius 2 is 1.75 bits per heavy atom. The van der Waals surface area contributed by atoms with Gasteiger partial charge in [-0.05, 0) is 29.8 Å². The number of hydrogen-bond acceptors (Lipinski definition) is 5. The quantitative estimate of drug-likeness (QED) is 0.785. The molecule has 7 heteroatoms. The fourth-order valence-corrected chi connectivity index (χ4v) is 2.54. The van der Waals surface area contributed by atoms with Crippen LogP contribution in [-0.4, -0.2) is 8.42 Å². The summed E-state index contributed by atoms with van der Waals surface area (Å²) in [5, 5.41) is 5.01. The Labute approximate surface area is 138 Å². The molecule has 1 heterocycles. The number of nitrogens with two attached hydrogens (primary N) is 1. The van der Waals surface area contributed by atoms with E-state index < -0.39 is 10.3 Å². The minimum Gasteiger partial charge on any atom is -0.456 e. The Morgan fingerprint density at radius 1 is 1.00 bits per heavy atom. The van der Waals surface area contributed by atoms with Crippen LogP contribution >= 0.6 is 0 Å². The third-order valence-electron chi connectivity index (χ3n) is 3.17. The van der Waals surface area contributed by atoms with Crippen LogP contribution in [0.15, 0.2) is 63.8 Å². The van der Waals surface area contributed by atoms with Gasteiger partial charge in [-0.3, -0.25) is 4.79 Å². The van der Waals surface area contributed by atoms with Gasteiger partial charge in [-0.25, -0.2) is 0 Å². The zero-order chi connectivity index (χ0) is 17.2. The van der Waals surface area contributed by atoms with Crippen molar-refractivity contribution in [1.82, 2.24) is 0 Å². The predicted molar refractivity (Wildman–Crippen MR) is 91.6 cm³/mol. The van der Waals surface area contributed by atoms with Crippen molar-refractivity contribution in [3.63, 3.8) is 0 Å². The van der Waals surface area contributed by atoms with Crippen LogP contribution < -0.4 is 14.8 Å². The van der Waals surface area contributed by atoms with Crippen molar-refractivity contribution >= 4 is 33.4 Å². The smallest absolute Gasteiger partial charge is 0.380 e. The topological polar surface area (TPSA) is 99.6 Å². The largest absolute Gasteiger partial charge is 0.456 e. The molecule has 2 aromatic carbocycles. The number of fused-ring (bicyclic) bond motifs is 1. The number of benzene rings is 2. The summed E-state index contributed by atoms with van der Waals surface area (Å²) in [5.41, 5.74) is 0.970. The van der Waals surface area contributed by atoms with Crippen molar-refractivity contribution in [3.8, 4) is 5.75 Å². The molecule has 6 nitrogen and oxygen atoms in total. The van der Waals surface area contributed by atoms with Gasteiger partial charge in [0, 0.05) is 6.07 Å². The van der Waals surface area contributed by atoms with E-state index in [1.807, 2.05) is 36.4 Å². The molecule has 0 aliphatic heterocycles. The molecular formula is C17H13NO5S. The molecule has 0 spiro atoms. The molecule has 0 saturated carbocycles. The van der Waals surface area contributed by atoms with Gasteiger partial charge in [-0.2, -0.15) is 13.6 Å². The maximum Gasteiger partial charge on any atom is 0.380 e. The summed E-state index contributed by atoms with van der Waals surface area (Å²) < 4.78 is 32.1. The first kappa shape index (κ1) is 16.0. The average molecular weight is 343 g/mol. The second-order valence-corrected chi connectivity index (χ2v) is 6.14. The molecule has 0 fully saturated rings. The highest BCUT2D eigenvalue weighted by Crippen LogP contribution is 2.21. The molecule has 1 aromatic heterocycles. The third kappa shape index (κ3) is 3.89. The third-order valence-corrected chi connectivity index (χ3v) is 3.59. The summed E-state index contributed by atoms with van der Waals surface area (Å²) in [6, 6.07) is 15.0. The SMILES string of the molecule is NS(=O)(=O)Oc1ccc2oc(/C=C/c3ccccc3)cc(=O)c2c1. The van der Waals surface area contributed by atoms with Crippen LogP contribution in [0.25, 0.3) is 23.1 Å². The highest BCUT2D eigenvalue weighted by Gasteiger charge is 2.09.